The zero-order chi connectivity index (χ0) is 13.7. The molecule has 4 heteroatoms. The molecule has 1 atom stereocenters. The Bertz CT molecular complexity index is 462. The molecular weight excluding hydrogens is 226 g/mol. The van der Waals surface area contributed by atoms with Crippen molar-refractivity contribution in [2.45, 2.75) is 26.4 Å². The molecule has 0 unspecified atom stereocenters. The maximum Gasteiger partial charge on any atom is 0.239 e. The number of hydrogen-bond acceptors (Lipinski definition) is 3. The molecule has 1 rings (SSSR count). The highest BCUT2D eigenvalue weighted by atomic mass is 16.2. The quantitative estimate of drug-likeness (QED) is 0.874. The van der Waals surface area contributed by atoms with Crippen molar-refractivity contribution in [1.82, 2.24) is 4.90 Å². The van der Waals surface area contributed by atoms with Gasteiger partial charge in [-0.1, -0.05) is 32.0 Å². The van der Waals surface area contributed by atoms with Gasteiger partial charge in [0.1, 0.15) is 0 Å². The van der Waals surface area contributed by atoms with E-state index in [1.165, 1.54) is 0 Å². The first-order valence-corrected chi connectivity index (χ1v) is 5.96. The molecule has 0 aliphatic rings. The van der Waals surface area contributed by atoms with Gasteiger partial charge in [-0.2, -0.15) is 5.26 Å². The molecule has 0 saturated carbocycles. The number of amides is 1. The Labute approximate surface area is 108 Å². The molecule has 1 aromatic carbocycles. The van der Waals surface area contributed by atoms with E-state index in [1.807, 2.05) is 32.0 Å². The van der Waals surface area contributed by atoms with Gasteiger partial charge in [0, 0.05) is 13.6 Å². The number of nitrogens with two attached hydrogens (primary N) is 1. The smallest absolute Gasteiger partial charge is 0.239 e. The van der Waals surface area contributed by atoms with Crippen LogP contribution in [0, 0.1) is 17.2 Å². The number of carbonyl (C=O) groups excluding carboxylic acids is 1. The molecule has 96 valence electrons. The van der Waals surface area contributed by atoms with Crippen LogP contribution in [0.5, 0.6) is 0 Å². The van der Waals surface area contributed by atoms with E-state index in [9.17, 15) is 4.79 Å². The van der Waals surface area contributed by atoms with Gasteiger partial charge < -0.3 is 10.6 Å². The van der Waals surface area contributed by atoms with Crippen LogP contribution in [0.4, 0.5) is 0 Å². The molecule has 4 nitrogen and oxygen atoms in total. The number of nitrogens with zero attached hydrogens (tertiary/aromatic N) is 2. The van der Waals surface area contributed by atoms with E-state index in [4.69, 9.17) is 11.0 Å². The predicted molar refractivity (Wildman–Crippen MR) is 70.4 cm³/mol. The van der Waals surface area contributed by atoms with E-state index in [2.05, 4.69) is 6.07 Å². The number of carbonyl (C=O) groups is 1. The zero-order valence-electron chi connectivity index (χ0n) is 11.1. The van der Waals surface area contributed by atoms with Gasteiger partial charge in [-0.15, -0.1) is 0 Å². The van der Waals surface area contributed by atoms with Crippen LogP contribution in [-0.4, -0.2) is 23.9 Å². The molecule has 0 saturated heterocycles. The standard InChI is InChI=1S/C14H19N3O/c1-10(2)13(16)14(18)17(3)9-12-7-5-4-6-11(12)8-15/h4-7,10,13H,9,16H2,1-3H3/t13-/m0/s1. The Balaban J connectivity index is 2.79. The van der Waals surface area contributed by atoms with Gasteiger partial charge in [0.15, 0.2) is 0 Å². The SMILES string of the molecule is CC(C)[C@H](N)C(=O)N(C)Cc1ccccc1C#N. The molecule has 2 N–H and O–H groups in total. The lowest BCUT2D eigenvalue weighted by Gasteiger charge is -2.23. The molecule has 0 heterocycles. The van der Waals surface area contributed by atoms with E-state index >= 15 is 0 Å². The second kappa shape index (κ2) is 6.18. The van der Waals surface area contributed by atoms with Crippen LogP contribution in [0.1, 0.15) is 25.0 Å². The van der Waals surface area contributed by atoms with E-state index in [0.717, 1.165) is 5.56 Å². The van der Waals surface area contributed by atoms with E-state index < -0.39 is 6.04 Å². The summed E-state index contributed by atoms with van der Waals surface area (Å²) in [5.41, 5.74) is 7.26. The highest BCUT2D eigenvalue weighted by molar-refractivity contribution is 5.81. The van der Waals surface area contributed by atoms with Gasteiger partial charge in [-0.05, 0) is 17.5 Å². The van der Waals surface area contributed by atoms with Gasteiger partial charge in [-0.25, -0.2) is 0 Å². The minimum absolute atomic E-state index is 0.0993. The number of hydrogen-bond donors (Lipinski definition) is 1. The topological polar surface area (TPSA) is 70.1 Å². The van der Waals surface area contributed by atoms with Crippen LogP contribution >= 0.6 is 0 Å². The first-order valence-electron chi connectivity index (χ1n) is 5.96. The Kier molecular flexibility index (Phi) is 4.87. The normalized spacial score (nSPS) is 12.0. The first kappa shape index (κ1) is 14.2. The third kappa shape index (κ3) is 3.31. The number of rotatable bonds is 4. The van der Waals surface area contributed by atoms with Crippen LogP contribution in [0.3, 0.4) is 0 Å². The third-order valence-corrected chi connectivity index (χ3v) is 2.92. The summed E-state index contributed by atoms with van der Waals surface area (Å²) in [6.07, 6.45) is 0. The minimum Gasteiger partial charge on any atom is -0.340 e. The molecule has 1 aromatic rings. The summed E-state index contributed by atoms with van der Waals surface area (Å²) in [6, 6.07) is 8.89. The van der Waals surface area contributed by atoms with Crippen LogP contribution in [0.25, 0.3) is 0 Å². The summed E-state index contributed by atoms with van der Waals surface area (Å²) >= 11 is 0. The molecule has 0 aliphatic heterocycles. The van der Waals surface area contributed by atoms with Gasteiger partial charge in [0.05, 0.1) is 17.7 Å². The van der Waals surface area contributed by atoms with E-state index in [1.54, 1.807) is 18.0 Å². The Hall–Kier alpha value is -1.86. The molecular formula is C14H19N3O. The van der Waals surface area contributed by atoms with Crippen molar-refractivity contribution < 1.29 is 4.79 Å². The maximum absolute atomic E-state index is 12.0. The summed E-state index contributed by atoms with van der Waals surface area (Å²) in [6.45, 7) is 4.24. The van der Waals surface area contributed by atoms with Crippen LogP contribution < -0.4 is 5.73 Å². The van der Waals surface area contributed by atoms with Crippen molar-refractivity contribution in [3.05, 3.63) is 35.4 Å². The van der Waals surface area contributed by atoms with Gasteiger partial charge in [-0.3, -0.25) is 4.79 Å². The monoisotopic (exact) mass is 245 g/mol. The fraction of sp³-hybridized carbons (Fsp3) is 0.429. The highest BCUT2D eigenvalue weighted by Gasteiger charge is 2.21. The molecule has 0 aliphatic carbocycles. The Morgan fingerprint density at radius 2 is 2.06 bits per heavy atom. The van der Waals surface area contributed by atoms with Gasteiger partial charge >= 0.3 is 0 Å². The van der Waals surface area contributed by atoms with Crippen molar-refractivity contribution >= 4 is 5.91 Å². The minimum atomic E-state index is -0.496. The van der Waals surface area contributed by atoms with E-state index in [-0.39, 0.29) is 11.8 Å². The average Bonchev–Trinajstić information content (AvgIpc) is 2.37. The van der Waals surface area contributed by atoms with Crippen molar-refractivity contribution in [3.8, 4) is 6.07 Å². The fourth-order valence-corrected chi connectivity index (χ4v) is 1.64. The second-order valence-corrected chi connectivity index (χ2v) is 4.73. The summed E-state index contributed by atoms with van der Waals surface area (Å²) in [4.78, 5) is 13.6. The predicted octanol–water partition coefficient (Wildman–Crippen LogP) is 1.50. The van der Waals surface area contributed by atoms with Crippen LogP contribution in [-0.2, 0) is 11.3 Å². The molecule has 0 fully saturated rings. The van der Waals surface area contributed by atoms with E-state index in [0.29, 0.717) is 12.1 Å². The number of benzene rings is 1. The lowest BCUT2D eigenvalue weighted by molar-refractivity contribution is -0.132. The Morgan fingerprint density at radius 1 is 1.44 bits per heavy atom. The maximum atomic E-state index is 12.0. The third-order valence-electron chi connectivity index (χ3n) is 2.92. The second-order valence-electron chi connectivity index (χ2n) is 4.73. The zero-order valence-corrected chi connectivity index (χ0v) is 11.1. The summed E-state index contributed by atoms with van der Waals surface area (Å²) in [5.74, 6) is 0.00361. The lowest BCUT2D eigenvalue weighted by atomic mass is 10.0. The van der Waals surface area contributed by atoms with Crippen molar-refractivity contribution in [1.29, 1.82) is 5.26 Å². The van der Waals surface area contributed by atoms with Crippen LogP contribution in [0.2, 0.25) is 0 Å². The lowest BCUT2D eigenvalue weighted by Crippen LogP contribution is -2.44. The molecule has 0 aromatic heterocycles. The molecule has 1 amide bonds. The average molecular weight is 245 g/mol. The van der Waals surface area contributed by atoms with Crippen molar-refractivity contribution in [2.75, 3.05) is 7.05 Å². The first-order chi connectivity index (χ1) is 8.47. The van der Waals surface area contributed by atoms with Gasteiger partial charge in [0.25, 0.3) is 0 Å². The van der Waals surface area contributed by atoms with Crippen molar-refractivity contribution in [2.24, 2.45) is 11.7 Å². The summed E-state index contributed by atoms with van der Waals surface area (Å²) in [5, 5.41) is 8.99. The molecule has 0 bridgehead atoms. The largest absolute Gasteiger partial charge is 0.340 e. The fourth-order valence-electron chi connectivity index (χ4n) is 1.64. The Morgan fingerprint density at radius 3 is 2.61 bits per heavy atom. The molecule has 0 spiro atoms. The number of nitriles is 1. The van der Waals surface area contributed by atoms with Gasteiger partial charge in [0.2, 0.25) is 5.91 Å². The molecule has 18 heavy (non-hydrogen) atoms. The number of likely N-dealkylation sites (N-methyl/N-ethyl adjacent to an activating group) is 1. The van der Waals surface area contributed by atoms with Crippen molar-refractivity contribution in [3.63, 3.8) is 0 Å². The highest BCUT2D eigenvalue weighted by Crippen LogP contribution is 2.11. The molecule has 0 radical (unpaired) electrons. The van der Waals surface area contributed by atoms with Crippen LogP contribution in [0.15, 0.2) is 24.3 Å². The summed E-state index contributed by atoms with van der Waals surface area (Å²) < 4.78 is 0. The summed E-state index contributed by atoms with van der Waals surface area (Å²) in [7, 11) is 1.71.